The van der Waals surface area contributed by atoms with E-state index < -0.39 is 15.8 Å². The maximum absolute atomic E-state index is 13.8. The predicted octanol–water partition coefficient (Wildman–Crippen LogP) is 2.19. The summed E-state index contributed by atoms with van der Waals surface area (Å²) < 4.78 is 40.7. The molecule has 1 aliphatic heterocycles. The van der Waals surface area contributed by atoms with Crippen LogP contribution in [0.25, 0.3) is 0 Å². The van der Waals surface area contributed by atoms with Gasteiger partial charge >= 0.3 is 0 Å². The van der Waals surface area contributed by atoms with Gasteiger partial charge in [-0.15, -0.1) is 0 Å². The van der Waals surface area contributed by atoms with E-state index in [0.29, 0.717) is 6.54 Å². The lowest BCUT2D eigenvalue weighted by atomic mass is 10.1. The number of rotatable bonds is 3. The van der Waals surface area contributed by atoms with Crippen molar-refractivity contribution in [3.05, 3.63) is 29.1 Å². The topological polar surface area (TPSA) is 57.6 Å². The van der Waals surface area contributed by atoms with Crippen LogP contribution in [-0.2, 0) is 16.6 Å². The number of sulfonamides is 1. The summed E-state index contributed by atoms with van der Waals surface area (Å²) in [5, 5.41) is 9.13. The van der Waals surface area contributed by atoms with Crippen LogP contribution in [0.15, 0.2) is 17.0 Å². The predicted molar refractivity (Wildman–Crippen MR) is 74.3 cm³/mol. The highest BCUT2D eigenvalue weighted by Crippen LogP contribution is 2.28. The Morgan fingerprint density at radius 2 is 2.10 bits per heavy atom. The summed E-state index contributed by atoms with van der Waals surface area (Å²) in [6.07, 6.45) is 2.66. The molecule has 0 amide bonds. The number of halogens is 1. The van der Waals surface area contributed by atoms with E-state index >= 15 is 0 Å². The number of aliphatic hydroxyl groups is 1. The van der Waals surface area contributed by atoms with Crippen molar-refractivity contribution in [2.75, 3.05) is 6.54 Å². The second-order valence-electron chi connectivity index (χ2n) is 5.32. The first-order valence-electron chi connectivity index (χ1n) is 6.79. The largest absolute Gasteiger partial charge is 0.392 e. The van der Waals surface area contributed by atoms with E-state index in [9.17, 15) is 12.8 Å². The van der Waals surface area contributed by atoms with Gasteiger partial charge in [0.2, 0.25) is 10.0 Å². The first-order valence-corrected chi connectivity index (χ1v) is 8.23. The second-order valence-corrected chi connectivity index (χ2v) is 7.18. The molecular weight excluding hydrogens is 281 g/mol. The molecule has 0 bridgehead atoms. The average Bonchev–Trinajstić information content (AvgIpc) is 2.41. The Kier molecular flexibility index (Phi) is 4.46. The Labute approximate surface area is 119 Å². The summed E-state index contributed by atoms with van der Waals surface area (Å²) >= 11 is 0. The minimum atomic E-state index is -3.71. The standard InChI is InChI=1S/C14H20FNO3S/c1-10-5-3-4-6-16(10)20(18,19)14-8-12(9-17)7-13(15)11(14)2/h7-8,10,17H,3-6,9H2,1-2H3. The molecule has 0 saturated carbocycles. The summed E-state index contributed by atoms with van der Waals surface area (Å²) in [5.74, 6) is -0.597. The Hall–Kier alpha value is -0.980. The molecule has 0 aromatic heterocycles. The van der Waals surface area contributed by atoms with Crippen LogP contribution in [0.4, 0.5) is 4.39 Å². The Balaban J connectivity index is 2.51. The van der Waals surface area contributed by atoms with Crippen LogP contribution in [-0.4, -0.2) is 30.4 Å². The number of benzene rings is 1. The Bertz CT molecular complexity index is 601. The fourth-order valence-electron chi connectivity index (χ4n) is 2.62. The third-order valence-corrected chi connectivity index (χ3v) is 6.01. The van der Waals surface area contributed by atoms with E-state index in [2.05, 4.69) is 0 Å². The minimum absolute atomic E-state index is 0.0321. The quantitative estimate of drug-likeness (QED) is 0.931. The Morgan fingerprint density at radius 1 is 1.40 bits per heavy atom. The van der Waals surface area contributed by atoms with Gasteiger partial charge in [-0.25, -0.2) is 12.8 Å². The van der Waals surface area contributed by atoms with Gasteiger partial charge in [0.25, 0.3) is 0 Å². The highest BCUT2D eigenvalue weighted by Gasteiger charge is 2.32. The van der Waals surface area contributed by atoms with Crippen molar-refractivity contribution in [2.45, 2.75) is 50.7 Å². The highest BCUT2D eigenvalue weighted by molar-refractivity contribution is 7.89. The molecule has 4 nitrogen and oxygen atoms in total. The van der Waals surface area contributed by atoms with Crippen LogP contribution in [0, 0.1) is 12.7 Å². The monoisotopic (exact) mass is 301 g/mol. The van der Waals surface area contributed by atoms with E-state index in [1.54, 1.807) is 0 Å². The molecule has 2 rings (SSSR count). The van der Waals surface area contributed by atoms with Crippen LogP contribution in [0.3, 0.4) is 0 Å². The maximum atomic E-state index is 13.8. The summed E-state index contributed by atoms with van der Waals surface area (Å²) in [6, 6.07) is 2.47. The molecule has 1 fully saturated rings. The van der Waals surface area contributed by atoms with Crippen LogP contribution in [0.2, 0.25) is 0 Å². The molecule has 1 aliphatic rings. The molecule has 1 unspecified atom stereocenters. The lowest BCUT2D eigenvalue weighted by molar-refractivity contribution is 0.268. The van der Waals surface area contributed by atoms with E-state index in [1.807, 2.05) is 6.92 Å². The number of aliphatic hydroxyl groups excluding tert-OH is 1. The van der Waals surface area contributed by atoms with E-state index in [4.69, 9.17) is 5.11 Å². The van der Waals surface area contributed by atoms with Gasteiger partial charge in [-0.3, -0.25) is 0 Å². The van der Waals surface area contributed by atoms with Crippen LogP contribution in [0.5, 0.6) is 0 Å². The van der Waals surface area contributed by atoms with Crippen molar-refractivity contribution in [3.63, 3.8) is 0 Å². The fourth-order valence-corrected chi connectivity index (χ4v) is 4.61. The molecule has 1 aromatic rings. The van der Waals surface area contributed by atoms with Crippen LogP contribution >= 0.6 is 0 Å². The molecule has 1 N–H and O–H groups in total. The molecule has 0 radical (unpaired) electrons. The molecule has 1 heterocycles. The maximum Gasteiger partial charge on any atom is 0.243 e. The molecular formula is C14H20FNO3S. The highest BCUT2D eigenvalue weighted by atomic mass is 32.2. The molecule has 0 aliphatic carbocycles. The van der Waals surface area contributed by atoms with Crippen LogP contribution in [0.1, 0.15) is 37.3 Å². The average molecular weight is 301 g/mol. The summed E-state index contributed by atoms with van der Waals surface area (Å²) in [7, 11) is -3.71. The van der Waals surface area contributed by atoms with E-state index in [1.165, 1.54) is 23.4 Å². The van der Waals surface area contributed by atoms with E-state index in [-0.39, 0.29) is 28.7 Å². The molecule has 6 heteroatoms. The van der Waals surface area contributed by atoms with E-state index in [0.717, 1.165) is 19.3 Å². The van der Waals surface area contributed by atoms with Gasteiger partial charge in [-0.05, 0) is 44.4 Å². The Morgan fingerprint density at radius 3 is 2.70 bits per heavy atom. The molecule has 1 aromatic carbocycles. The lowest BCUT2D eigenvalue weighted by Gasteiger charge is -2.32. The van der Waals surface area contributed by atoms with Gasteiger partial charge in [0, 0.05) is 18.2 Å². The van der Waals surface area contributed by atoms with Gasteiger partial charge in [0.05, 0.1) is 11.5 Å². The van der Waals surface area contributed by atoms with Crippen molar-refractivity contribution < 1.29 is 17.9 Å². The molecule has 1 saturated heterocycles. The number of nitrogens with zero attached hydrogens (tertiary/aromatic N) is 1. The minimum Gasteiger partial charge on any atom is -0.392 e. The third kappa shape index (κ3) is 2.73. The summed E-state index contributed by atoms with van der Waals surface area (Å²) in [4.78, 5) is -0.0321. The summed E-state index contributed by atoms with van der Waals surface area (Å²) in [5.41, 5.74) is 0.385. The van der Waals surface area contributed by atoms with Gasteiger partial charge < -0.3 is 5.11 Å². The fraction of sp³-hybridized carbons (Fsp3) is 0.571. The van der Waals surface area contributed by atoms with Gasteiger partial charge in [-0.1, -0.05) is 6.42 Å². The first-order chi connectivity index (χ1) is 9.37. The van der Waals surface area contributed by atoms with Crippen molar-refractivity contribution in [1.29, 1.82) is 0 Å². The van der Waals surface area contributed by atoms with Crippen molar-refractivity contribution in [2.24, 2.45) is 0 Å². The first kappa shape index (κ1) is 15.4. The molecule has 1 atom stereocenters. The van der Waals surface area contributed by atoms with Gasteiger partial charge in [-0.2, -0.15) is 4.31 Å². The van der Waals surface area contributed by atoms with Crippen molar-refractivity contribution >= 4 is 10.0 Å². The van der Waals surface area contributed by atoms with Crippen molar-refractivity contribution in [1.82, 2.24) is 4.31 Å². The number of hydrogen-bond donors (Lipinski definition) is 1. The zero-order valence-corrected chi connectivity index (χ0v) is 12.6. The van der Waals surface area contributed by atoms with Crippen molar-refractivity contribution in [3.8, 4) is 0 Å². The molecule has 20 heavy (non-hydrogen) atoms. The molecule has 112 valence electrons. The number of piperidine rings is 1. The van der Waals surface area contributed by atoms with Gasteiger partial charge in [0.1, 0.15) is 5.82 Å². The smallest absolute Gasteiger partial charge is 0.243 e. The van der Waals surface area contributed by atoms with Gasteiger partial charge in [0.15, 0.2) is 0 Å². The molecule has 0 spiro atoms. The second kappa shape index (κ2) is 5.79. The van der Waals surface area contributed by atoms with Crippen LogP contribution < -0.4 is 0 Å². The zero-order valence-electron chi connectivity index (χ0n) is 11.8. The SMILES string of the molecule is Cc1c(F)cc(CO)cc1S(=O)(=O)N1CCCCC1C. The zero-order chi connectivity index (χ0) is 14.9. The number of hydrogen-bond acceptors (Lipinski definition) is 3. The lowest BCUT2D eigenvalue weighted by Crippen LogP contribution is -2.42. The normalized spacial score (nSPS) is 21.1. The third-order valence-electron chi connectivity index (χ3n) is 3.87. The summed E-state index contributed by atoms with van der Waals surface area (Å²) in [6.45, 7) is 3.42.